The van der Waals surface area contributed by atoms with Crippen LogP contribution in [0, 0.1) is 11.8 Å². The van der Waals surface area contributed by atoms with Crippen molar-refractivity contribution in [2.24, 2.45) is 11.8 Å². The number of aromatic nitrogens is 2. The molecule has 7 heteroatoms. The highest BCUT2D eigenvalue weighted by Gasteiger charge is 2.41. The minimum absolute atomic E-state index is 0.0219. The molecule has 2 amide bonds. The predicted molar refractivity (Wildman–Crippen MR) is 100 cm³/mol. The van der Waals surface area contributed by atoms with E-state index in [0.29, 0.717) is 30.2 Å². The molecular weight excluding hydrogens is 344 g/mol. The third-order valence-electron chi connectivity index (χ3n) is 5.70. The lowest BCUT2D eigenvalue weighted by Crippen LogP contribution is -2.56. The van der Waals surface area contributed by atoms with Crippen LogP contribution in [0.4, 0.5) is 0 Å². The fourth-order valence-electron chi connectivity index (χ4n) is 4.43. The van der Waals surface area contributed by atoms with Crippen molar-refractivity contribution in [3.05, 3.63) is 36.2 Å². The molecule has 4 rings (SSSR count). The lowest BCUT2D eigenvalue weighted by Gasteiger charge is -2.43. The van der Waals surface area contributed by atoms with Crippen molar-refractivity contribution in [1.29, 1.82) is 0 Å². The fraction of sp³-hybridized carbons (Fsp3) is 0.500. The maximum atomic E-state index is 12.6. The van der Waals surface area contributed by atoms with Crippen molar-refractivity contribution in [2.45, 2.75) is 37.8 Å². The monoisotopic (exact) mass is 368 g/mol. The van der Waals surface area contributed by atoms with E-state index in [9.17, 15) is 9.59 Å². The molecule has 2 heterocycles. The van der Waals surface area contributed by atoms with Crippen LogP contribution in [0.3, 0.4) is 0 Å². The molecule has 0 radical (unpaired) electrons. The molecule has 1 aromatic carbocycles. The molecule has 142 valence electrons. The number of ether oxygens (including phenoxy) is 1. The molecular formula is C20H24N4O3. The van der Waals surface area contributed by atoms with E-state index in [1.807, 2.05) is 24.3 Å². The zero-order valence-electron chi connectivity index (χ0n) is 15.4. The van der Waals surface area contributed by atoms with Crippen LogP contribution in [-0.2, 0) is 9.53 Å². The number of para-hydroxylation sites is 2. The van der Waals surface area contributed by atoms with Crippen LogP contribution in [0.25, 0.3) is 11.0 Å². The average Bonchev–Trinajstić information content (AvgIpc) is 2.67. The van der Waals surface area contributed by atoms with Gasteiger partial charge in [0.25, 0.3) is 5.91 Å². The molecule has 4 unspecified atom stereocenters. The van der Waals surface area contributed by atoms with Gasteiger partial charge in [-0.25, -0.2) is 4.98 Å². The molecule has 7 nitrogen and oxygen atoms in total. The molecule has 1 saturated heterocycles. The van der Waals surface area contributed by atoms with Gasteiger partial charge in [-0.1, -0.05) is 12.1 Å². The molecule has 2 fully saturated rings. The molecule has 0 bridgehead atoms. The standard InChI is InChI=1S/C20H24N4O3/c1-27-11-12-8-19(25)24-17-9-13(6-7-14(12)17)22-20(26)18-10-21-15-4-2-3-5-16(15)23-18/h2-5,10,12-14,17H,6-9,11H2,1H3,(H,22,26)(H,24,25). The number of hydrogen-bond donors (Lipinski definition) is 2. The molecule has 4 atom stereocenters. The van der Waals surface area contributed by atoms with Crippen molar-refractivity contribution in [2.75, 3.05) is 13.7 Å². The maximum Gasteiger partial charge on any atom is 0.271 e. The van der Waals surface area contributed by atoms with E-state index in [2.05, 4.69) is 20.6 Å². The molecule has 1 aliphatic carbocycles. The quantitative estimate of drug-likeness (QED) is 0.856. The number of hydrogen-bond acceptors (Lipinski definition) is 5. The highest BCUT2D eigenvalue weighted by molar-refractivity contribution is 5.94. The van der Waals surface area contributed by atoms with Crippen LogP contribution in [-0.4, -0.2) is 47.6 Å². The van der Waals surface area contributed by atoms with Gasteiger partial charge < -0.3 is 15.4 Å². The van der Waals surface area contributed by atoms with E-state index in [1.54, 1.807) is 7.11 Å². The molecule has 27 heavy (non-hydrogen) atoms. The van der Waals surface area contributed by atoms with Crippen LogP contribution < -0.4 is 10.6 Å². The van der Waals surface area contributed by atoms with Crippen LogP contribution in [0.1, 0.15) is 36.2 Å². The highest BCUT2D eigenvalue weighted by atomic mass is 16.5. The Bertz CT molecular complexity index is 856. The van der Waals surface area contributed by atoms with E-state index in [4.69, 9.17) is 4.74 Å². The highest BCUT2D eigenvalue weighted by Crippen LogP contribution is 2.35. The summed E-state index contributed by atoms with van der Waals surface area (Å²) >= 11 is 0. The smallest absolute Gasteiger partial charge is 0.271 e. The molecule has 0 spiro atoms. The second-order valence-corrected chi connectivity index (χ2v) is 7.48. The molecule has 2 N–H and O–H groups in total. The predicted octanol–water partition coefficient (Wildman–Crippen LogP) is 1.68. The average molecular weight is 368 g/mol. The lowest BCUT2D eigenvalue weighted by molar-refractivity contribution is -0.128. The summed E-state index contributed by atoms with van der Waals surface area (Å²) in [6, 6.07) is 7.60. The summed E-state index contributed by atoms with van der Waals surface area (Å²) in [4.78, 5) is 33.3. The third kappa shape index (κ3) is 3.78. The van der Waals surface area contributed by atoms with E-state index in [-0.39, 0.29) is 29.8 Å². The Balaban J connectivity index is 1.42. The third-order valence-corrected chi connectivity index (χ3v) is 5.70. The van der Waals surface area contributed by atoms with E-state index in [0.717, 1.165) is 24.8 Å². The lowest BCUT2D eigenvalue weighted by atomic mass is 9.71. The summed E-state index contributed by atoms with van der Waals surface area (Å²) in [5, 5.41) is 6.17. The first-order chi connectivity index (χ1) is 13.1. The summed E-state index contributed by atoms with van der Waals surface area (Å²) in [6.45, 7) is 0.609. The summed E-state index contributed by atoms with van der Waals surface area (Å²) < 4.78 is 5.30. The van der Waals surface area contributed by atoms with Crippen LogP contribution in [0.2, 0.25) is 0 Å². The second-order valence-electron chi connectivity index (χ2n) is 7.48. The SMILES string of the molecule is COCC1CC(=O)NC2CC(NC(=O)c3cnc4ccccc4n3)CCC12. The first kappa shape index (κ1) is 17.9. The van der Waals surface area contributed by atoms with Crippen molar-refractivity contribution >= 4 is 22.8 Å². The second kappa shape index (κ2) is 7.60. The molecule has 2 aromatic rings. The summed E-state index contributed by atoms with van der Waals surface area (Å²) in [6.07, 6.45) is 4.64. The number of nitrogens with zero attached hydrogens (tertiary/aromatic N) is 2. The minimum Gasteiger partial charge on any atom is -0.384 e. The molecule has 1 saturated carbocycles. The van der Waals surface area contributed by atoms with Crippen molar-refractivity contribution in [1.82, 2.24) is 20.6 Å². The van der Waals surface area contributed by atoms with Gasteiger partial charge in [0.2, 0.25) is 5.91 Å². The normalized spacial score (nSPS) is 27.7. The number of rotatable bonds is 4. The van der Waals surface area contributed by atoms with Gasteiger partial charge in [0.1, 0.15) is 5.69 Å². The minimum atomic E-state index is -0.215. The number of amides is 2. The summed E-state index contributed by atoms with van der Waals surface area (Å²) in [5.74, 6) is 0.533. The van der Waals surface area contributed by atoms with Gasteiger partial charge in [0, 0.05) is 32.2 Å². The van der Waals surface area contributed by atoms with Crippen molar-refractivity contribution in [3.63, 3.8) is 0 Å². The van der Waals surface area contributed by atoms with E-state index in [1.165, 1.54) is 6.20 Å². The van der Waals surface area contributed by atoms with Gasteiger partial charge in [-0.05, 0) is 43.2 Å². The largest absolute Gasteiger partial charge is 0.384 e. The molecule has 2 aliphatic rings. The van der Waals surface area contributed by atoms with Gasteiger partial charge in [0.05, 0.1) is 17.2 Å². The number of methoxy groups -OCH3 is 1. The van der Waals surface area contributed by atoms with Gasteiger partial charge in [0.15, 0.2) is 0 Å². The number of nitrogens with one attached hydrogen (secondary N) is 2. The Morgan fingerprint density at radius 3 is 2.93 bits per heavy atom. The van der Waals surface area contributed by atoms with Crippen molar-refractivity contribution in [3.8, 4) is 0 Å². The molecule has 1 aliphatic heterocycles. The summed E-state index contributed by atoms with van der Waals surface area (Å²) in [5.41, 5.74) is 1.79. The van der Waals surface area contributed by atoms with E-state index >= 15 is 0 Å². The van der Waals surface area contributed by atoms with Gasteiger partial charge >= 0.3 is 0 Å². The van der Waals surface area contributed by atoms with Crippen molar-refractivity contribution < 1.29 is 14.3 Å². The Kier molecular flexibility index (Phi) is 5.03. The Hall–Kier alpha value is -2.54. The zero-order chi connectivity index (χ0) is 18.8. The number of carbonyl (C=O) groups is 2. The van der Waals surface area contributed by atoms with Gasteiger partial charge in [-0.15, -0.1) is 0 Å². The number of fused-ring (bicyclic) bond motifs is 2. The first-order valence-electron chi connectivity index (χ1n) is 9.45. The van der Waals surface area contributed by atoms with Crippen LogP contribution in [0.5, 0.6) is 0 Å². The first-order valence-corrected chi connectivity index (χ1v) is 9.45. The number of piperidine rings is 1. The fourth-order valence-corrected chi connectivity index (χ4v) is 4.43. The van der Waals surface area contributed by atoms with Crippen LogP contribution in [0.15, 0.2) is 30.5 Å². The maximum absolute atomic E-state index is 12.6. The Labute approximate surface area is 157 Å². The topological polar surface area (TPSA) is 93.2 Å². The van der Waals surface area contributed by atoms with Crippen LogP contribution >= 0.6 is 0 Å². The van der Waals surface area contributed by atoms with Gasteiger partial charge in [-0.3, -0.25) is 14.6 Å². The van der Waals surface area contributed by atoms with E-state index < -0.39 is 0 Å². The Morgan fingerprint density at radius 2 is 2.11 bits per heavy atom. The zero-order valence-corrected chi connectivity index (χ0v) is 15.4. The van der Waals surface area contributed by atoms with Gasteiger partial charge in [-0.2, -0.15) is 0 Å². The Morgan fingerprint density at radius 1 is 1.30 bits per heavy atom. The summed E-state index contributed by atoms with van der Waals surface area (Å²) in [7, 11) is 1.68. The number of carbonyl (C=O) groups excluding carboxylic acids is 2. The molecule has 1 aromatic heterocycles. The number of benzene rings is 1.